The summed E-state index contributed by atoms with van der Waals surface area (Å²) in [5.41, 5.74) is 1.91. The van der Waals surface area contributed by atoms with E-state index in [0.29, 0.717) is 6.04 Å². The predicted molar refractivity (Wildman–Crippen MR) is 71.3 cm³/mol. The van der Waals surface area contributed by atoms with Crippen LogP contribution in [0.1, 0.15) is 45.9 Å². The van der Waals surface area contributed by atoms with Crippen molar-refractivity contribution in [2.75, 3.05) is 0 Å². The van der Waals surface area contributed by atoms with E-state index in [1.807, 2.05) is 19.2 Å². The van der Waals surface area contributed by atoms with Crippen LogP contribution in [0.3, 0.4) is 0 Å². The molecule has 0 spiro atoms. The van der Waals surface area contributed by atoms with E-state index in [4.69, 9.17) is 4.74 Å². The molecule has 1 rings (SSSR count). The Hall–Kier alpha value is -1.09. The second kappa shape index (κ2) is 5.50. The number of ether oxygens (including phenoxy) is 1. The summed E-state index contributed by atoms with van der Waals surface area (Å²) in [6.07, 6.45) is 1.89. The van der Waals surface area contributed by atoms with Gasteiger partial charge in [-0.1, -0.05) is 13.8 Å². The minimum absolute atomic E-state index is 0.180. The van der Waals surface area contributed by atoms with Crippen molar-refractivity contribution < 1.29 is 4.74 Å². The Balaban J connectivity index is 2.88. The third-order valence-electron chi connectivity index (χ3n) is 2.20. The zero-order valence-electron chi connectivity index (χ0n) is 11.8. The third kappa shape index (κ3) is 5.18. The molecule has 1 aromatic rings. The SMILES string of the molecule is Cc1cc(OC(C)(C)C)c(CNC(C)C)cn1. The molecule has 0 radical (unpaired) electrons. The molecular weight excluding hydrogens is 212 g/mol. The van der Waals surface area contributed by atoms with E-state index in [9.17, 15) is 0 Å². The Kier molecular flexibility index (Phi) is 4.52. The summed E-state index contributed by atoms with van der Waals surface area (Å²) in [6.45, 7) is 13.2. The van der Waals surface area contributed by atoms with E-state index in [-0.39, 0.29) is 5.60 Å². The molecule has 1 heterocycles. The lowest BCUT2D eigenvalue weighted by molar-refractivity contribution is 0.129. The summed E-state index contributed by atoms with van der Waals surface area (Å²) in [5, 5.41) is 3.39. The van der Waals surface area contributed by atoms with Crippen LogP contribution in [0.5, 0.6) is 5.75 Å². The van der Waals surface area contributed by atoms with Crippen LogP contribution in [-0.2, 0) is 6.54 Å². The van der Waals surface area contributed by atoms with Crippen LogP contribution in [0.2, 0.25) is 0 Å². The molecule has 0 bridgehead atoms. The largest absolute Gasteiger partial charge is 0.488 e. The maximum absolute atomic E-state index is 5.97. The van der Waals surface area contributed by atoms with Gasteiger partial charge in [-0.2, -0.15) is 0 Å². The Morgan fingerprint density at radius 3 is 2.53 bits per heavy atom. The van der Waals surface area contributed by atoms with Crippen LogP contribution < -0.4 is 10.1 Å². The molecule has 3 heteroatoms. The van der Waals surface area contributed by atoms with Gasteiger partial charge in [-0.3, -0.25) is 4.98 Å². The quantitative estimate of drug-likeness (QED) is 0.872. The van der Waals surface area contributed by atoms with Crippen LogP contribution in [0.4, 0.5) is 0 Å². The normalized spacial score (nSPS) is 11.9. The highest BCUT2D eigenvalue weighted by Gasteiger charge is 2.15. The first kappa shape index (κ1) is 14.0. The summed E-state index contributed by atoms with van der Waals surface area (Å²) < 4.78 is 5.97. The molecule has 17 heavy (non-hydrogen) atoms. The highest BCUT2D eigenvalue weighted by atomic mass is 16.5. The first-order valence-electron chi connectivity index (χ1n) is 6.16. The van der Waals surface area contributed by atoms with Crippen molar-refractivity contribution in [1.29, 1.82) is 0 Å². The van der Waals surface area contributed by atoms with Gasteiger partial charge >= 0.3 is 0 Å². The van der Waals surface area contributed by atoms with Gasteiger partial charge in [0.2, 0.25) is 0 Å². The van der Waals surface area contributed by atoms with E-state index in [0.717, 1.165) is 23.6 Å². The molecule has 0 saturated carbocycles. The summed E-state index contributed by atoms with van der Waals surface area (Å²) in [5.74, 6) is 0.929. The zero-order chi connectivity index (χ0) is 13.1. The van der Waals surface area contributed by atoms with Crippen LogP contribution in [0.15, 0.2) is 12.3 Å². The van der Waals surface area contributed by atoms with Crippen molar-refractivity contribution in [3.63, 3.8) is 0 Å². The van der Waals surface area contributed by atoms with Crippen molar-refractivity contribution >= 4 is 0 Å². The number of rotatable bonds is 4. The Bertz CT molecular complexity index is 367. The highest BCUT2D eigenvalue weighted by molar-refractivity contribution is 5.33. The minimum atomic E-state index is -0.180. The maximum Gasteiger partial charge on any atom is 0.127 e. The second-order valence-electron chi connectivity index (χ2n) is 5.68. The second-order valence-corrected chi connectivity index (χ2v) is 5.68. The van der Waals surface area contributed by atoms with Crippen molar-refractivity contribution in [2.24, 2.45) is 0 Å². The Morgan fingerprint density at radius 1 is 1.35 bits per heavy atom. The van der Waals surface area contributed by atoms with Gasteiger partial charge in [-0.25, -0.2) is 0 Å². The Labute approximate surface area is 105 Å². The van der Waals surface area contributed by atoms with Gasteiger partial charge in [0.25, 0.3) is 0 Å². The predicted octanol–water partition coefficient (Wildman–Crippen LogP) is 3.07. The molecule has 1 N–H and O–H groups in total. The fraction of sp³-hybridized carbons (Fsp3) is 0.643. The number of hydrogen-bond donors (Lipinski definition) is 1. The lowest BCUT2D eigenvalue weighted by Crippen LogP contribution is -2.26. The summed E-state index contributed by atoms with van der Waals surface area (Å²) in [7, 11) is 0. The van der Waals surface area contributed by atoms with Gasteiger partial charge < -0.3 is 10.1 Å². The molecule has 96 valence electrons. The number of aryl methyl sites for hydroxylation is 1. The van der Waals surface area contributed by atoms with Gasteiger partial charge in [0.1, 0.15) is 11.4 Å². The van der Waals surface area contributed by atoms with E-state index in [1.54, 1.807) is 0 Å². The van der Waals surface area contributed by atoms with Crippen LogP contribution in [0, 0.1) is 6.92 Å². The molecule has 0 aliphatic rings. The molecule has 0 aliphatic heterocycles. The first-order chi connectivity index (χ1) is 7.78. The van der Waals surface area contributed by atoms with E-state index < -0.39 is 0 Å². The molecule has 0 fully saturated rings. The van der Waals surface area contributed by atoms with Gasteiger partial charge in [0.15, 0.2) is 0 Å². The van der Waals surface area contributed by atoms with E-state index in [2.05, 4.69) is 44.9 Å². The summed E-state index contributed by atoms with van der Waals surface area (Å²) in [4.78, 5) is 4.33. The van der Waals surface area contributed by atoms with Gasteiger partial charge in [-0.15, -0.1) is 0 Å². The first-order valence-corrected chi connectivity index (χ1v) is 6.16. The third-order valence-corrected chi connectivity index (χ3v) is 2.20. The average Bonchev–Trinajstić information content (AvgIpc) is 2.13. The summed E-state index contributed by atoms with van der Waals surface area (Å²) >= 11 is 0. The summed E-state index contributed by atoms with van der Waals surface area (Å²) in [6, 6.07) is 2.46. The zero-order valence-corrected chi connectivity index (χ0v) is 11.8. The molecule has 0 aromatic carbocycles. The fourth-order valence-corrected chi connectivity index (χ4v) is 1.43. The molecule has 0 atom stereocenters. The molecule has 0 aliphatic carbocycles. The number of nitrogens with zero attached hydrogens (tertiary/aromatic N) is 1. The maximum atomic E-state index is 5.97. The smallest absolute Gasteiger partial charge is 0.127 e. The monoisotopic (exact) mass is 236 g/mol. The number of hydrogen-bond acceptors (Lipinski definition) is 3. The van der Waals surface area contributed by atoms with E-state index >= 15 is 0 Å². The van der Waals surface area contributed by atoms with Crippen molar-refractivity contribution in [3.8, 4) is 5.75 Å². The molecule has 0 unspecified atom stereocenters. The molecule has 1 aromatic heterocycles. The van der Waals surface area contributed by atoms with Crippen molar-refractivity contribution in [1.82, 2.24) is 10.3 Å². The van der Waals surface area contributed by atoms with Gasteiger partial charge in [0, 0.05) is 36.1 Å². The standard InChI is InChI=1S/C14H24N2O/c1-10(2)15-8-12-9-16-11(3)7-13(12)17-14(4,5)6/h7,9-10,15H,8H2,1-6H3. The minimum Gasteiger partial charge on any atom is -0.488 e. The molecule has 0 saturated heterocycles. The number of aromatic nitrogens is 1. The lowest BCUT2D eigenvalue weighted by Gasteiger charge is -2.23. The number of pyridine rings is 1. The van der Waals surface area contributed by atoms with Crippen molar-refractivity contribution in [2.45, 2.75) is 59.7 Å². The molecule has 0 amide bonds. The Morgan fingerprint density at radius 2 is 2.00 bits per heavy atom. The highest BCUT2D eigenvalue weighted by Crippen LogP contribution is 2.23. The number of nitrogens with one attached hydrogen (secondary N) is 1. The molecule has 3 nitrogen and oxygen atoms in total. The van der Waals surface area contributed by atoms with Gasteiger partial charge in [-0.05, 0) is 27.7 Å². The van der Waals surface area contributed by atoms with Crippen LogP contribution >= 0.6 is 0 Å². The fourth-order valence-electron chi connectivity index (χ4n) is 1.43. The van der Waals surface area contributed by atoms with Crippen LogP contribution in [-0.4, -0.2) is 16.6 Å². The topological polar surface area (TPSA) is 34.1 Å². The molecular formula is C14H24N2O. The van der Waals surface area contributed by atoms with Crippen molar-refractivity contribution in [3.05, 3.63) is 23.5 Å². The van der Waals surface area contributed by atoms with Crippen LogP contribution in [0.25, 0.3) is 0 Å². The average molecular weight is 236 g/mol. The van der Waals surface area contributed by atoms with E-state index in [1.165, 1.54) is 0 Å². The lowest BCUT2D eigenvalue weighted by atomic mass is 10.1. The van der Waals surface area contributed by atoms with Gasteiger partial charge in [0.05, 0.1) is 0 Å².